The van der Waals surface area contributed by atoms with Crippen LogP contribution in [0, 0.1) is 22.7 Å². The Balaban J connectivity index is 2.49. The van der Waals surface area contributed by atoms with Gasteiger partial charge in [0.15, 0.2) is 23.0 Å². The van der Waals surface area contributed by atoms with E-state index in [-0.39, 0.29) is 11.1 Å². The number of nitrogens with zero attached hydrogens (tertiary/aromatic N) is 2. The van der Waals surface area contributed by atoms with E-state index in [2.05, 4.69) is 0 Å². The van der Waals surface area contributed by atoms with E-state index in [1.807, 2.05) is 0 Å². The lowest BCUT2D eigenvalue weighted by Crippen LogP contribution is -2.06. The Bertz CT molecular complexity index is 1250. The minimum Gasteiger partial charge on any atom is -0.504 e. The van der Waals surface area contributed by atoms with Crippen molar-refractivity contribution in [2.75, 3.05) is 0 Å². The molecule has 4 N–H and O–H groups in total. The Hall–Kier alpha value is -4.28. The highest BCUT2D eigenvalue weighted by Crippen LogP contribution is 2.28. The van der Waals surface area contributed by atoms with Gasteiger partial charge < -0.3 is 20.4 Å². The molecule has 0 aliphatic heterocycles. The van der Waals surface area contributed by atoms with Crippen LogP contribution in [-0.2, 0) is 9.84 Å². The maximum Gasteiger partial charge on any atom is 0.211 e. The number of hydrogen-bond donors (Lipinski definition) is 4. The van der Waals surface area contributed by atoms with Crippen LogP contribution in [0.2, 0.25) is 0 Å². The summed E-state index contributed by atoms with van der Waals surface area (Å²) in [6.07, 6.45) is 0.886. The fourth-order valence-corrected chi connectivity index (χ4v) is 3.15. The summed E-state index contributed by atoms with van der Waals surface area (Å²) in [5, 5.41) is 56.2. The van der Waals surface area contributed by atoms with E-state index >= 15 is 0 Å². The van der Waals surface area contributed by atoms with E-state index < -0.39 is 49.1 Å². The number of benzene rings is 2. The Labute approximate surface area is 164 Å². The van der Waals surface area contributed by atoms with Gasteiger partial charge in [-0.25, -0.2) is 8.42 Å². The van der Waals surface area contributed by atoms with E-state index in [4.69, 9.17) is 0 Å². The Kier molecular flexibility index (Phi) is 5.92. The van der Waals surface area contributed by atoms with Crippen molar-refractivity contribution in [3.8, 4) is 35.1 Å². The third-order valence-corrected chi connectivity index (χ3v) is 4.96. The number of carbonyl (C=O) groups excluding carboxylic acids is 1. The molecule has 0 atom stereocenters. The highest BCUT2D eigenvalue weighted by atomic mass is 32.2. The maximum atomic E-state index is 12.5. The second-order valence-electron chi connectivity index (χ2n) is 5.59. The molecular weight excluding hydrogens is 400 g/mol. The summed E-state index contributed by atoms with van der Waals surface area (Å²) in [6.45, 7) is 0. The summed E-state index contributed by atoms with van der Waals surface area (Å²) in [6, 6.07) is 9.13. The smallest absolute Gasteiger partial charge is 0.211 e. The van der Waals surface area contributed by atoms with E-state index in [9.17, 15) is 44.2 Å². The molecule has 2 aromatic rings. The van der Waals surface area contributed by atoms with Gasteiger partial charge in [-0.2, -0.15) is 10.5 Å². The van der Waals surface area contributed by atoms with Crippen molar-refractivity contribution < 1.29 is 33.6 Å². The molecule has 0 spiro atoms. The molecule has 2 aromatic carbocycles. The van der Waals surface area contributed by atoms with Crippen molar-refractivity contribution in [2.24, 2.45) is 0 Å². The van der Waals surface area contributed by atoms with Crippen LogP contribution in [0.5, 0.6) is 23.0 Å². The number of ketones is 1. The fraction of sp³-hybridized carbons (Fsp3) is 0. The van der Waals surface area contributed by atoms with Gasteiger partial charge in [-0.3, -0.25) is 4.79 Å². The first-order chi connectivity index (χ1) is 13.6. The van der Waals surface area contributed by atoms with Gasteiger partial charge in [0.2, 0.25) is 15.6 Å². The average Bonchev–Trinajstić information content (AvgIpc) is 2.68. The van der Waals surface area contributed by atoms with Gasteiger partial charge in [0.1, 0.15) is 22.6 Å². The second kappa shape index (κ2) is 8.17. The molecule has 9 nitrogen and oxygen atoms in total. The van der Waals surface area contributed by atoms with Crippen LogP contribution >= 0.6 is 0 Å². The third kappa shape index (κ3) is 4.71. The zero-order chi connectivity index (χ0) is 21.8. The SMILES string of the molecule is N#C/C(=C\S(=O)(=O)/C(C#N)=C/c1ccc(O)c(O)c1)C(=O)c1ccc(O)c(O)c1. The molecule has 2 rings (SSSR count). The summed E-state index contributed by atoms with van der Waals surface area (Å²) >= 11 is 0. The largest absolute Gasteiger partial charge is 0.504 e. The molecule has 0 bridgehead atoms. The Morgan fingerprint density at radius 1 is 0.862 bits per heavy atom. The van der Waals surface area contributed by atoms with Crippen molar-refractivity contribution >= 4 is 21.7 Å². The van der Waals surface area contributed by atoms with Crippen LogP contribution in [0.15, 0.2) is 52.3 Å². The summed E-state index contributed by atoms with van der Waals surface area (Å²) in [4.78, 5) is 11.5. The summed E-state index contributed by atoms with van der Waals surface area (Å²) < 4.78 is 24.9. The molecule has 146 valence electrons. The lowest BCUT2D eigenvalue weighted by Gasteiger charge is -2.03. The molecule has 0 aromatic heterocycles. The molecular formula is C19H12N2O7S. The number of phenolic OH excluding ortho intramolecular Hbond substituents is 4. The van der Waals surface area contributed by atoms with Crippen LogP contribution in [0.4, 0.5) is 0 Å². The number of allylic oxidation sites excluding steroid dienone is 2. The number of rotatable bonds is 5. The molecule has 0 heterocycles. The van der Waals surface area contributed by atoms with Gasteiger partial charge in [-0.05, 0) is 42.0 Å². The molecule has 0 saturated carbocycles. The Morgan fingerprint density at radius 2 is 1.45 bits per heavy atom. The fourth-order valence-electron chi connectivity index (χ4n) is 2.13. The van der Waals surface area contributed by atoms with Gasteiger partial charge in [0, 0.05) is 5.56 Å². The van der Waals surface area contributed by atoms with Crippen LogP contribution < -0.4 is 0 Å². The molecule has 0 saturated heterocycles. The van der Waals surface area contributed by atoms with Gasteiger partial charge in [-0.15, -0.1) is 0 Å². The molecule has 29 heavy (non-hydrogen) atoms. The number of aromatic hydroxyl groups is 4. The molecule has 0 fully saturated rings. The number of carbonyl (C=O) groups is 1. The normalized spacial score (nSPS) is 12.1. The van der Waals surface area contributed by atoms with Crippen molar-refractivity contribution in [2.45, 2.75) is 0 Å². The third-order valence-electron chi connectivity index (χ3n) is 3.59. The standard InChI is InChI=1S/C19H12N2O7S/c20-8-13(19(26)12-2-4-16(23)18(25)7-12)10-29(27,28)14(9-21)5-11-1-3-15(22)17(24)6-11/h1-7,10,22-25H/b13-10+,14-5+. The summed E-state index contributed by atoms with van der Waals surface area (Å²) in [5.74, 6) is -3.18. The molecule has 0 aliphatic carbocycles. The molecule has 10 heteroatoms. The van der Waals surface area contributed by atoms with Crippen molar-refractivity contribution in [3.05, 3.63) is 63.4 Å². The summed E-state index contributed by atoms with van der Waals surface area (Å²) in [7, 11) is -4.54. The van der Waals surface area contributed by atoms with Gasteiger partial charge in [0.25, 0.3) is 0 Å². The van der Waals surface area contributed by atoms with Crippen molar-refractivity contribution in [3.63, 3.8) is 0 Å². The van der Waals surface area contributed by atoms with E-state index in [1.54, 1.807) is 0 Å². The van der Waals surface area contributed by atoms with Gasteiger partial charge in [-0.1, -0.05) is 6.07 Å². The lowest BCUT2D eigenvalue weighted by atomic mass is 10.1. The predicted octanol–water partition coefficient (Wildman–Crippen LogP) is 2.08. The first-order valence-electron chi connectivity index (χ1n) is 7.66. The minimum absolute atomic E-state index is 0.0714. The highest BCUT2D eigenvalue weighted by molar-refractivity contribution is 7.98. The van der Waals surface area contributed by atoms with Crippen molar-refractivity contribution in [1.82, 2.24) is 0 Å². The summed E-state index contributed by atoms with van der Waals surface area (Å²) in [5.41, 5.74) is -1.01. The first kappa shape index (κ1) is 21.0. The van der Waals surface area contributed by atoms with Gasteiger partial charge in [0.05, 0.1) is 5.41 Å². The Morgan fingerprint density at radius 3 is 1.97 bits per heavy atom. The zero-order valence-corrected chi connectivity index (χ0v) is 15.3. The monoisotopic (exact) mass is 412 g/mol. The van der Waals surface area contributed by atoms with Crippen molar-refractivity contribution in [1.29, 1.82) is 10.5 Å². The number of hydrogen-bond acceptors (Lipinski definition) is 9. The van der Waals surface area contributed by atoms with E-state index in [0.29, 0.717) is 5.41 Å². The number of Topliss-reactive ketones (excluding diaryl/α,β-unsaturated/α-hetero) is 1. The quantitative estimate of drug-likeness (QED) is 0.247. The number of nitriles is 2. The predicted molar refractivity (Wildman–Crippen MR) is 100 cm³/mol. The first-order valence-corrected chi connectivity index (χ1v) is 9.21. The van der Waals surface area contributed by atoms with Crippen LogP contribution in [0.1, 0.15) is 15.9 Å². The van der Waals surface area contributed by atoms with E-state index in [1.165, 1.54) is 18.2 Å². The minimum atomic E-state index is -4.54. The molecule has 0 radical (unpaired) electrons. The molecule has 0 amide bonds. The zero-order valence-electron chi connectivity index (χ0n) is 14.4. The van der Waals surface area contributed by atoms with Crippen LogP contribution in [-0.4, -0.2) is 34.6 Å². The van der Waals surface area contributed by atoms with E-state index in [0.717, 1.165) is 36.4 Å². The maximum absolute atomic E-state index is 12.5. The highest BCUT2D eigenvalue weighted by Gasteiger charge is 2.21. The van der Waals surface area contributed by atoms with Crippen LogP contribution in [0.25, 0.3) is 6.08 Å². The lowest BCUT2D eigenvalue weighted by molar-refractivity contribution is 0.103. The topological polar surface area (TPSA) is 180 Å². The van der Waals surface area contributed by atoms with Gasteiger partial charge >= 0.3 is 0 Å². The van der Waals surface area contributed by atoms with Crippen LogP contribution in [0.3, 0.4) is 0 Å². The number of phenols is 4. The number of sulfone groups is 1. The average molecular weight is 412 g/mol. The molecule has 0 aliphatic rings. The molecule has 0 unspecified atom stereocenters. The second-order valence-corrected chi connectivity index (χ2v) is 7.36.